The summed E-state index contributed by atoms with van der Waals surface area (Å²) in [5, 5.41) is 4.90. The number of rotatable bonds is 3. The van der Waals surface area contributed by atoms with Gasteiger partial charge in [-0.25, -0.2) is 0 Å². The molecule has 0 saturated heterocycles. The van der Waals surface area contributed by atoms with Crippen LogP contribution in [0.5, 0.6) is 0 Å². The zero-order valence-corrected chi connectivity index (χ0v) is 15.5. The molecule has 2 atom stereocenters. The molecule has 5 heteroatoms. The van der Waals surface area contributed by atoms with E-state index in [9.17, 15) is 4.79 Å². The Morgan fingerprint density at radius 3 is 2.92 bits per heavy atom. The van der Waals surface area contributed by atoms with Crippen LogP contribution in [0, 0.1) is 12.8 Å². The molecule has 0 bridgehead atoms. The summed E-state index contributed by atoms with van der Waals surface area (Å²) in [4.78, 5) is 16.3. The van der Waals surface area contributed by atoms with Gasteiger partial charge in [0.2, 0.25) is 0 Å². The van der Waals surface area contributed by atoms with Crippen molar-refractivity contribution in [2.24, 2.45) is 18.0 Å². The molecular weight excluding hydrogens is 334 g/mol. The summed E-state index contributed by atoms with van der Waals surface area (Å²) in [5.74, 6) is 0.0386. The van der Waals surface area contributed by atoms with Crippen molar-refractivity contribution in [2.75, 3.05) is 6.54 Å². The standard InChI is InChI=1S/C20H22ClN3O/c1-5-16(13(3)25)20-17(12(2)10-24(20)4)7-14-6-15-9-22-11-23-19(15)8-18(14)21/h5-8,10-11,14,18H,1,9H2,2-4H3,(H,22,23)/b17-7+,20-16-. The summed E-state index contributed by atoms with van der Waals surface area (Å²) in [6.07, 6.45) is 11.7. The van der Waals surface area contributed by atoms with Crippen LogP contribution in [0.1, 0.15) is 12.5 Å². The Morgan fingerprint density at radius 1 is 1.48 bits per heavy atom. The number of allylic oxidation sites excluding steroid dienone is 3. The van der Waals surface area contributed by atoms with Crippen LogP contribution in [0.2, 0.25) is 0 Å². The van der Waals surface area contributed by atoms with Gasteiger partial charge in [0.15, 0.2) is 5.78 Å². The summed E-state index contributed by atoms with van der Waals surface area (Å²) in [6, 6.07) is 0. The monoisotopic (exact) mass is 355 g/mol. The molecule has 1 aliphatic heterocycles. The van der Waals surface area contributed by atoms with Crippen molar-refractivity contribution >= 4 is 35.4 Å². The zero-order chi connectivity index (χ0) is 18.1. The van der Waals surface area contributed by atoms with E-state index in [2.05, 4.69) is 29.0 Å². The number of nitrogens with one attached hydrogen (secondary N) is 1. The van der Waals surface area contributed by atoms with E-state index in [0.29, 0.717) is 12.1 Å². The van der Waals surface area contributed by atoms with E-state index >= 15 is 0 Å². The summed E-state index contributed by atoms with van der Waals surface area (Å²) < 4.78 is 1.98. The number of Topliss-reactive ketones (excluding diaryl/α,β-unsaturated/α-hetero) is 1. The normalized spacial score (nSPS) is 24.1. The number of nitrogens with zero attached hydrogens (tertiary/aromatic N) is 2. The van der Waals surface area contributed by atoms with Gasteiger partial charge in [0.25, 0.3) is 0 Å². The molecule has 2 unspecified atom stereocenters. The number of halogens is 1. The van der Waals surface area contributed by atoms with Crippen LogP contribution >= 0.6 is 11.6 Å². The number of ketones is 1. The fraction of sp³-hybridized carbons (Fsp3) is 0.300. The van der Waals surface area contributed by atoms with Crippen molar-refractivity contribution in [2.45, 2.75) is 19.2 Å². The fourth-order valence-electron chi connectivity index (χ4n) is 3.42. The maximum Gasteiger partial charge on any atom is 0.161 e. The first kappa shape index (κ1) is 17.5. The van der Waals surface area contributed by atoms with Crippen molar-refractivity contribution in [3.63, 3.8) is 0 Å². The number of aryl methyl sites for hydroxylation is 2. The van der Waals surface area contributed by atoms with Crippen LogP contribution in [0.4, 0.5) is 0 Å². The van der Waals surface area contributed by atoms with Gasteiger partial charge in [-0.1, -0.05) is 24.8 Å². The predicted octanol–water partition coefficient (Wildman–Crippen LogP) is 1.72. The maximum absolute atomic E-state index is 12.0. The fourth-order valence-corrected chi connectivity index (χ4v) is 3.69. The number of carbonyl (C=O) groups excluding carboxylic acids is 1. The second-order valence-electron chi connectivity index (χ2n) is 6.43. The molecule has 0 aromatic carbocycles. The van der Waals surface area contributed by atoms with Crippen molar-refractivity contribution in [3.8, 4) is 0 Å². The Morgan fingerprint density at radius 2 is 2.24 bits per heavy atom. The van der Waals surface area contributed by atoms with Gasteiger partial charge in [0.1, 0.15) is 0 Å². The van der Waals surface area contributed by atoms with Crippen molar-refractivity contribution in [1.29, 1.82) is 0 Å². The van der Waals surface area contributed by atoms with E-state index in [1.807, 2.05) is 30.8 Å². The van der Waals surface area contributed by atoms with Gasteiger partial charge in [-0.2, -0.15) is 0 Å². The third-order valence-corrected chi connectivity index (χ3v) is 5.04. The SMILES string of the molecule is C=C/C(C(C)=O)=c1\c(=C\C2C=C3CN=CNC3=CC2Cl)c(C)cn1C. The number of hydrogen-bond acceptors (Lipinski definition) is 3. The van der Waals surface area contributed by atoms with Crippen LogP contribution in [0.15, 0.2) is 47.3 Å². The van der Waals surface area contributed by atoms with Crippen molar-refractivity contribution in [3.05, 3.63) is 58.4 Å². The molecule has 2 aliphatic rings. The quantitative estimate of drug-likeness (QED) is 0.839. The largest absolute Gasteiger partial charge is 0.350 e. The molecule has 4 nitrogen and oxygen atoms in total. The summed E-state index contributed by atoms with van der Waals surface area (Å²) in [7, 11) is 1.95. The molecule has 2 heterocycles. The highest BCUT2D eigenvalue weighted by Gasteiger charge is 2.23. The predicted molar refractivity (Wildman–Crippen MR) is 104 cm³/mol. The lowest BCUT2D eigenvalue weighted by atomic mass is 9.91. The Labute approximate surface area is 152 Å². The number of alkyl halides is 1. The Hall–Kier alpha value is -2.33. The second-order valence-corrected chi connectivity index (χ2v) is 6.94. The highest BCUT2D eigenvalue weighted by Crippen LogP contribution is 2.27. The summed E-state index contributed by atoms with van der Waals surface area (Å²) in [5.41, 5.74) is 3.91. The molecule has 3 rings (SSSR count). The Bertz CT molecular complexity index is 946. The molecule has 25 heavy (non-hydrogen) atoms. The molecule has 1 N–H and O–H groups in total. The molecule has 0 saturated carbocycles. The molecule has 0 amide bonds. The number of fused-ring (bicyclic) bond motifs is 1. The van der Waals surface area contributed by atoms with Gasteiger partial charge >= 0.3 is 0 Å². The first-order valence-electron chi connectivity index (χ1n) is 8.25. The van der Waals surface area contributed by atoms with Gasteiger partial charge < -0.3 is 9.88 Å². The van der Waals surface area contributed by atoms with E-state index in [1.54, 1.807) is 19.3 Å². The smallest absolute Gasteiger partial charge is 0.161 e. The third kappa shape index (κ3) is 3.27. The van der Waals surface area contributed by atoms with E-state index < -0.39 is 0 Å². The molecule has 0 spiro atoms. The van der Waals surface area contributed by atoms with E-state index in [-0.39, 0.29) is 17.1 Å². The van der Waals surface area contributed by atoms with Crippen molar-refractivity contribution in [1.82, 2.24) is 9.88 Å². The van der Waals surface area contributed by atoms with Gasteiger partial charge in [-0.05, 0) is 36.3 Å². The highest BCUT2D eigenvalue weighted by atomic mass is 35.5. The number of aliphatic imine (C=N–C) groups is 1. The molecule has 1 aromatic heterocycles. The molecule has 130 valence electrons. The lowest BCUT2D eigenvalue weighted by Crippen LogP contribution is -2.34. The summed E-state index contributed by atoms with van der Waals surface area (Å²) >= 11 is 6.60. The number of carbonyl (C=O) groups is 1. The van der Waals surface area contributed by atoms with Crippen LogP contribution in [-0.4, -0.2) is 28.6 Å². The van der Waals surface area contributed by atoms with Crippen molar-refractivity contribution < 1.29 is 4.79 Å². The molecule has 1 aromatic rings. The molecular formula is C20H22ClN3O. The number of aromatic nitrogens is 1. The maximum atomic E-state index is 12.0. The van der Waals surface area contributed by atoms with Crippen LogP contribution in [0.3, 0.4) is 0 Å². The van der Waals surface area contributed by atoms with Gasteiger partial charge in [-0.15, -0.1) is 11.6 Å². The molecule has 0 radical (unpaired) electrons. The zero-order valence-electron chi connectivity index (χ0n) is 14.7. The topological polar surface area (TPSA) is 46.4 Å². The Balaban J connectivity index is 2.20. The second kappa shape index (κ2) is 6.89. The lowest BCUT2D eigenvalue weighted by Gasteiger charge is -2.25. The minimum atomic E-state index is -0.158. The minimum Gasteiger partial charge on any atom is -0.350 e. The van der Waals surface area contributed by atoms with Gasteiger partial charge in [0, 0.05) is 30.4 Å². The first-order valence-corrected chi connectivity index (χ1v) is 8.69. The average Bonchev–Trinajstić information content (AvgIpc) is 2.83. The van der Waals surface area contributed by atoms with Gasteiger partial charge in [0.05, 0.1) is 23.6 Å². The Kier molecular flexibility index (Phi) is 4.82. The minimum absolute atomic E-state index is 0.00303. The van der Waals surface area contributed by atoms with E-state index in [4.69, 9.17) is 11.6 Å². The van der Waals surface area contributed by atoms with Gasteiger partial charge in [-0.3, -0.25) is 9.79 Å². The van der Waals surface area contributed by atoms with E-state index in [0.717, 1.165) is 27.4 Å². The lowest BCUT2D eigenvalue weighted by molar-refractivity contribution is -0.111. The summed E-state index contributed by atoms with van der Waals surface area (Å²) in [6.45, 7) is 8.08. The average molecular weight is 356 g/mol. The molecule has 0 fully saturated rings. The molecule has 1 aliphatic carbocycles. The van der Waals surface area contributed by atoms with E-state index in [1.165, 1.54) is 0 Å². The third-order valence-electron chi connectivity index (χ3n) is 4.62. The highest BCUT2D eigenvalue weighted by molar-refractivity contribution is 6.22. The van der Waals surface area contributed by atoms with Crippen LogP contribution in [-0.2, 0) is 11.8 Å². The first-order chi connectivity index (χ1) is 11.9. The van der Waals surface area contributed by atoms with Crippen LogP contribution in [0.25, 0.3) is 11.6 Å². The van der Waals surface area contributed by atoms with Crippen LogP contribution < -0.4 is 15.9 Å². The number of hydrogen-bond donors (Lipinski definition) is 1.